The second kappa shape index (κ2) is 7.34. The van der Waals surface area contributed by atoms with Crippen LogP contribution in [0.1, 0.15) is 46.2 Å². The van der Waals surface area contributed by atoms with Crippen molar-refractivity contribution in [1.82, 2.24) is 24.8 Å². The maximum atomic E-state index is 13.2. The molecule has 0 saturated heterocycles. The van der Waals surface area contributed by atoms with Gasteiger partial charge in [0.25, 0.3) is 5.91 Å². The van der Waals surface area contributed by atoms with Crippen LogP contribution >= 0.6 is 0 Å². The van der Waals surface area contributed by atoms with E-state index in [-0.39, 0.29) is 17.6 Å². The van der Waals surface area contributed by atoms with Gasteiger partial charge in [0.05, 0.1) is 0 Å². The van der Waals surface area contributed by atoms with E-state index in [2.05, 4.69) is 31.8 Å². The van der Waals surface area contributed by atoms with Crippen LogP contribution in [0.15, 0.2) is 36.7 Å². The van der Waals surface area contributed by atoms with Crippen molar-refractivity contribution in [3.63, 3.8) is 0 Å². The lowest BCUT2D eigenvalue weighted by Gasteiger charge is -2.14. The molecule has 1 aliphatic heterocycles. The maximum absolute atomic E-state index is 13.2. The summed E-state index contributed by atoms with van der Waals surface area (Å²) in [5, 5.41) is 2.93. The van der Waals surface area contributed by atoms with Gasteiger partial charge >= 0.3 is 0 Å². The van der Waals surface area contributed by atoms with Crippen LogP contribution in [0.4, 0.5) is 4.39 Å². The minimum absolute atomic E-state index is 0.0874. The van der Waals surface area contributed by atoms with Crippen LogP contribution in [0, 0.1) is 5.82 Å². The first-order chi connectivity index (χ1) is 13.1. The Kier molecular flexibility index (Phi) is 4.75. The molecular weight excluding hydrogens is 345 g/mol. The SMILES string of the molecule is CCc1nccn1CCc1nc2c([nH]1)C[C@@H](c1ccc(F)cc1)CNC2=O. The Hall–Kier alpha value is -2.96. The Labute approximate surface area is 156 Å². The third-order valence-electron chi connectivity index (χ3n) is 5.05. The number of benzene rings is 1. The van der Waals surface area contributed by atoms with Crippen LogP contribution in [0.25, 0.3) is 0 Å². The molecule has 27 heavy (non-hydrogen) atoms. The molecule has 0 bridgehead atoms. The van der Waals surface area contributed by atoms with E-state index < -0.39 is 0 Å². The van der Waals surface area contributed by atoms with Gasteiger partial charge < -0.3 is 14.9 Å². The van der Waals surface area contributed by atoms with E-state index in [1.54, 1.807) is 18.3 Å². The number of rotatable bonds is 5. The lowest BCUT2D eigenvalue weighted by atomic mass is 9.94. The summed E-state index contributed by atoms with van der Waals surface area (Å²) in [4.78, 5) is 24.6. The number of aromatic nitrogens is 4. The van der Waals surface area contributed by atoms with Crippen molar-refractivity contribution in [1.29, 1.82) is 0 Å². The molecule has 0 saturated carbocycles. The number of carbonyl (C=O) groups is 1. The molecule has 4 rings (SSSR count). The van der Waals surface area contributed by atoms with Gasteiger partial charge in [0.15, 0.2) is 0 Å². The van der Waals surface area contributed by atoms with Crippen molar-refractivity contribution >= 4 is 5.91 Å². The molecule has 0 spiro atoms. The summed E-state index contributed by atoms with van der Waals surface area (Å²) in [7, 11) is 0. The fourth-order valence-corrected chi connectivity index (χ4v) is 3.59. The first-order valence-corrected chi connectivity index (χ1v) is 9.25. The van der Waals surface area contributed by atoms with Crippen LogP contribution in [0.3, 0.4) is 0 Å². The third kappa shape index (κ3) is 3.63. The molecule has 1 aromatic carbocycles. The van der Waals surface area contributed by atoms with Crippen molar-refractivity contribution in [2.24, 2.45) is 0 Å². The first-order valence-electron chi connectivity index (χ1n) is 9.25. The minimum Gasteiger partial charge on any atom is -0.350 e. The number of aryl methyl sites for hydroxylation is 3. The van der Waals surface area contributed by atoms with Crippen molar-refractivity contribution in [3.05, 3.63) is 71.1 Å². The Morgan fingerprint density at radius 3 is 2.89 bits per heavy atom. The van der Waals surface area contributed by atoms with E-state index in [9.17, 15) is 9.18 Å². The molecule has 0 unspecified atom stereocenters. The van der Waals surface area contributed by atoms with Gasteiger partial charge in [-0.3, -0.25) is 4.79 Å². The molecule has 1 atom stereocenters. The van der Waals surface area contributed by atoms with E-state index in [0.717, 1.165) is 35.9 Å². The van der Waals surface area contributed by atoms with Gasteiger partial charge in [-0.2, -0.15) is 0 Å². The average molecular weight is 367 g/mol. The second-order valence-electron chi connectivity index (χ2n) is 6.81. The number of amides is 1. The Bertz CT molecular complexity index is 944. The predicted molar refractivity (Wildman–Crippen MR) is 99.1 cm³/mol. The van der Waals surface area contributed by atoms with Gasteiger partial charge in [-0.1, -0.05) is 19.1 Å². The number of hydrogen-bond acceptors (Lipinski definition) is 3. The summed E-state index contributed by atoms with van der Waals surface area (Å²) in [6, 6.07) is 6.47. The number of halogens is 1. The lowest BCUT2D eigenvalue weighted by molar-refractivity contribution is 0.0950. The summed E-state index contributed by atoms with van der Waals surface area (Å²) < 4.78 is 15.3. The van der Waals surface area contributed by atoms with Gasteiger partial charge in [0.1, 0.15) is 23.2 Å². The highest BCUT2D eigenvalue weighted by Gasteiger charge is 2.26. The highest BCUT2D eigenvalue weighted by atomic mass is 19.1. The van der Waals surface area contributed by atoms with Crippen LogP contribution in [0.5, 0.6) is 0 Å². The quantitative estimate of drug-likeness (QED) is 0.728. The molecule has 3 heterocycles. The Morgan fingerprint density at radius 1 is 1.30 bits per heavy atom. The molecule has 2 N–H and O–H groups in total. The molecule has 2 aromatic heterocycles. The van der Waals surface area contributed by atoms with Crippen molar-refractivity contribution < 1.29 is 9.18 Å². The molecule has 0 aliphatic carbocycles. The topological polar surface area (TPSA) is 75.6 Å². The predicted octanol–water partition coefficient (Wildman–Crippen LogP) is 2.62. The number of nitrogens with one attached hydrogen (secondary N) is 2. The number of imidazole rings is 2. The monoisotopic (exact) mass is 367 g/mol. The van der Waals surface area contributed by atoms with E-state index in [1.165, 1.54) is 12.1 Å². The highest BCUT2D eigenvalue weighted by Crippen LogP contribution is 2.24. The largest absolute Gasteiger partial charge is 0.350 e. The zero-order valence-corrected chi connectivity index (χ0v) is 15.2. The average Bonchev–Trinajstić information content (AvgIpc) is 3.27. The van der Waals surface area contributed by atoms with E-state index in [4.69, 9.17) is 0 Å². The summed E-state index contributed by atoms with van der Waals surface area (Å²) in [6.45, 7) is 3.35. The zero-order valence-electron chi connectivity index (χ0n) is 15.2. The lowest BCUT2D eigenvalue weighted by Crippen LogP contribution is -2.26. The number of nitrogens with zero attached hydrogens (tertiary/aromatic N) is 3. The van der Waals surface area contributed by atoms with E-state index >= 15 is 0 Å². The van der Waals surface area contributed by atoms with Crippen LogP contribution in [0.2, 0.25) is 0 Å². The molecule has 7 heteroatoms. The highest BCUT2D eigenvalue weighted by molar-refractivity contribution is 5.94. The molecule has 0 fully saturated rings. The Morgan fingerprint density at radius 2 is 2.11 bits per heavy atom. The molecule has 0 radical (unpaired) electrons. The fraction of sp³-hybridized carbons (Fsp3) is 0.350. The van der Waals surface area contributed by atoms with Gasteiger partial charge in [0.2, 0.25) is 0 Å². The third-order valence-corrected chi connectivity index (χ3v) is 5.05. The van der Waals surface area contributed by atoms with Gasteiger partial charge in [-0.15, -0.1) is 0 Å². The number of aromatic amines is 1. The number of carbonyl (C=O) groups excluding carboxylic acids is 1. The Balaban J connectivity index is 1.52. The number of hydrogen-bond donors (Lipinski definition) is 2. The van der Waals surface area contributed by atoms with Crippen LogP contribution in [-0.4, -0.2) is 32.0 Å². The number of fused-ring (bicyclic) bond motifs is 1. The minimum atomic E-state index is -0.258. The van der Waals surface area contributed by atoms with E-state index in [0.29, 0.717) is 25.1 Å². The van der Waals surface area contributed by atoms with Crippen LogP contribution in [-0.2, 0) is 25.8 Å². The zero-order chi connectivity index (χ0) is 18.8. The first kappa shape index (κ1) is 17.5. The molecule has 140 valence electrons. The molecule has 1 aliphatic rings. The van der Waals surface area contributed by atoms with Crippen molar-refractivity contribution in [2.75, 3.05) is 6.54 Å². The van der Waals surface area contributed by atoms with Gasteiger partial charge in [-0.05, 0) is 24.1 Å². The fourth-order valence-electron chi connectivity index (χ4n) is 3.59. The summed E-state index contributed by atoms with van der Waals surface area (Å²) in [5.74, 6) is 1.51. The molecular formula is C20H22FN5O. The van der Waals surface area contributed by atoms with E-state index in [1.807, 2.05) is 6.20 Å². The van der Waals surface area contributed by atoms with Crippen molar-refractivity contribution in [3.8, 4) is 0 Å². The van der Waals surface area contributed by atoms with Crippen LogP contribution < -0.4 is 5.32 Å². The molecule has 3 aromatic rings. The summed E-state index contributed by atoms with van der Waals surface area (Å²) >= 11 is 0. The smallest absolute Gasteiger partial charge is 0.271 e. The molecule has 1 amide bonds. The summed E-state index contributed by atoms with van der Waals surface area (Å²) in [5.41, 5.74) is 2.32. The second-order valence-corrected chi connectivity index (χ2v) is 6.81. The van der Waals surface area contributed by atoms with Gasteiger partial charge in [0, 0.05) is 49.9 Å². The number of H-pyrrole nitrogens is 1. The molecule has 6 nitrogen and oxygen atoms in total. The standard InChI is InChI=1S/C20H22FN5O/c1-2-18-22-8-10-26(18)9-7-17-24-16-11-14(12-23-20(27)19(16)25-17)13-3-5-15(21)6-4-13/h3-6,8,10,14H,2,7,9,11-12H2,1H3,(H,23,27)(H,24,25)/t14-/m1/s1. The summed E-state index contributed by atoms with van der Waals surface area (Å²) in [6.07, 6.45) is 6.01. The normalized spacial score (nSPS) is 16.7. The maximum Gasteiger partial charge on any atom is 0.271 e. The van der Waals surface area contributed by atoms with Gasteiger partial charge in [-0.25, -0.2) is 14.4 Å². The van der Waals surface area contributed by atoms with Crippen molar-refractivity contribution in [2.45, 2.75) is 38.6 Å².